The summed E-state index contributed by atoms with van der Waals surface area (Å²) in [6.45, 7) is -12.9. The van der Waals surface area contributed by atoms with Crippen molar-refractivity contribution in [3.63, 3.8) is 0 Å². The Morgan fingerprint density at radius 3 is 2.75 bits per heavy atom. The molecule has 0 N–H and O–H groups in total. The second kappa shape index (κ2) is 3.17. The Hall–Kier alpha value is -0.370. The summed E-state index contributed by atoms with van der Waals surface area (Å²) in [5.41, 5.74) is -4.25. The largest absolute Gasteiger partial charge is 0.260 e. The molecule has 0 saturated carbocycles. The van der Waals surface area contributed by atoms with Gasteiger partial charge in [0.1, 0.15) is 0 Å². The highest BCUT2D eigenvalue weighted by molar-refractivity contribution is 9.10. The third-order valence-electron chi connectivity index (χ3n) is 1.27. The van der Waals surface area contributed by atoms with Gasteiger partial charge in [-0.25, -0.2) is 0 Å². The zero-order valence-corrected chi connectivity index (χ0v) is 7.57. The Kier molecular flexibility index (Phi) is 0.622. The van der Waals surface area contributed by atoms with Crippen LogP contribution in [0.5, 0.6) is 0 Å². The first-order valence-electron chi connectivity index (χ1n) is 9.04. The Morgan fingerprint density at radius 1 is 1.50 bits per heavy atom. The molecule has 1 nitrogen and oxygen atoms in total. The minimum atomic E-state index is -3.42. The van der Waals surface area contributed by atoms with Crippen molar-refractivity contribution in [3.05, 3.63) is 28.0 Å². The number of aryl methyl sites for hydroxylation is 1. The van der Waals surface area contributed by atoms with E-state index in [1.807, 2.05) is 0 Å². The molecule has 0 aliphatic carbocycles. The molecule has 12 heavy (non-hydrogen) atoms. The highest BCUT2D eigenvalue weighted by Crippen LogP contribution is 2.25. The number of aromatic nitrogens is 1. The van der Waals surface area contributed by atoms with Crippen molar-refractivity contribution in [1.29, 1.82) is 0 Å². The van der Waals surface area contributed by atoms with Crippen LogP contribution in [0, 0.1) is 6.85 Å². The molecule has 0 radical (unpaired) electrons. The SMILES string of the molecule is [2H]C([2H])([2H])c1ncc(C(C([2H])([2H])[2H])(C([2H])([2H])[2H])C([2H])([2H])[2H])cc1Br. The quantitative estimate of drug-likeness (QED) is 0.676. The molecule has 66 valence electrons. The molecule has 0 unspecified atom stereocenters. The van der Waals surface area contributed by atoms with Gasteiger partial charge in [-0.3, -0.25) is 4.98 Å². The molecule has 0 spiro atoms. The van der Waals surface area contributed by atoms with Crippen molar-refractivity contribution < 1.29 is 16.4 Å². The van der Waals surface area contributed by atoms with E-state index in [1.165, 1.54) is 0 Å². The summed E-state index contributed by atoms with van der Waals surface area (Å²) >= 11 is 2.90. The molecule has 1 rings (SSSR count). The van der Waals surface area contributed by atoms with Crippen molar-refractivity contribution in [2.75, 3.05) is 0 Å². The van der Waals surface area contributed by atoms with E-state index in [0.29, 0.717) is 6.20 Å². The van der Waals surface area contributed by atoms with Crippen molar-refractivity contribution in [1.82, 2.24) is 4.98 Å². The molecular formula is C10H14BrN. The van der Waals surface area contributed by atoms with E-state index in [1.54, 1.807) is 0 Å². The Balaban J connectivity index is 3.86. The van der Waals surface area contributed by atoms with E-state index in [0.717, 1.165) is 6.07 Å². The molecule has 0 fully saturated rings. The molecule has 2 heteroatoms. The molecule has 0 aliphatic rings. The molecule has 1 aromatic heterocycles. The fourth-order valence-electron chi connectivity index (χ4n) is 0.643. The molecule has 0 amide bonds. The molecular weight excluding hydrogens is 214 g/mol. The molecule has 0 atom stereocenters. The van der Waals surface area contributed by atoms with E-state index in [9.17, 15) is 0 Å². The normalized spacial score (nSPS) is 30.8. The number of hydrogen-bond donors (Lipinski definition) is 0. The van der Waals surface area contributed by atoms with Crippen LogP contribution in [0.2, 0.25) is 0 Å². The van der Waals surface area contributed by atoms with Crippen LogP contribution in [0.4, 0.5) is 0 Å². The topological polar surface area (TPSA) is 12.9 Å². The summed E-state index contributed by atoms with van der Waals surface area (Å²) in [6.07, 6.45) is 0.692. The van der Waals surface area contributed by atoms with Gasteiger partial charge in [0.25, 0.3) is 0 Å². The van der Waals surface area contributed by atoms with Gasteiger partial charge in [-0.15, -0.1) is 0 Å². The minimum absolute atomic E-state index is 0.192. The second-order valence-electron chi connectivity index (χ2n) is 2.30. The number of halogens is 1. The minimum Gasteiger partial charge on any atom is -0.260 e. The fourth-order valence-corrected chi connectivity index (χ4v) is 0.992. The van der Waals surface area contributed by atoms with Gasteiger partial charge in [-0.1, -0.05) is 20.6 Å². The van der Waals surface area contributed by atoms with E-state index in [2.05, 4.69) is 20.9 Å². The van der Waals surface area contributed by atoms with Gasteiger partial charge in [-0.05, 0) is 39.8 Å². The van der Waals surface area contributed by atoms with Gasteiger partial charge in [-0.2, -0.15) is 0 Å². The van der Waals surface area contributed by atoms with E-state index < -0.39 is 44.1 Å². The monoisotopic (exact) mass is 239 g/mol. The highest BCUT2D eigenvalue weighted by Gasteiger charge is 2.14. The maximum Gasteiger partial charge on any atom is 0.0514 e. The summed E-state index contributed by atoms with van der Waals surface area (Å²) in [5, 5.41) is 0. The average Bonchev–Trinajstić information content (AvgIpc) is 2.20. The maximum atomic E-state index is 7.59. The Bertz CT molecular complexity index is 572. The molecule has 0 aliphatic heterocycles. The lowest BCUT2D eigenvalue weighted by Gasteiger charge is -2.18. The zero-order chi connectivity index (χ0) is 19.4. The lowest BCUT2D eigenvalue weighted by atomic mass is 9.88. The van der Waals surface area contributed by atoms with Crippen LogP contribution in [0.25, 0.3) is 0 Å². The van der Waals surface area contributed by atoms with Crippen molar-refractivity contribution >= 4 is 15.9 Å². The second-order valence-corrected chi connectivity index (χ2v) is 3.16. The summed E-state index contributed by atoms with van der Waals surface area (Å²) in [4.78, 5) is 3.60. The van der Waals surface area contributed by atoms with Crippen LogP contribution < -0.4 is 0 Å². The molecule has 0 bridgehead atoms. The summed E-state index contributed by atoms with van der Waals surface area (Å²) in [7, 11) is 0. The summed E-state index contributed by atoms with van der Waals surface area (Å²) < 4.78 is 90.1. The molecule has 1 aromatic rings. The van der Waals surface area contributed by atoms with Crippen molar-refractivity contribution in [2.45, 2.75) is 32.8 Å². The van der Waals surface area contributed by atoms with Crippen LogP contribution >= 0.6 is 15.9 Å². The maximum absolute atomic E-state index is 7.59. The third kappa shape index (κ3) is 2.07. The van der Waals surface area contributed by atoms with Gasteiger partial charge in [0.2, 0.25) is 0 Å². The van der Waals surface area contributed by atoms with Crippen molar-refractivity contribution in [3.8, 4) is 0 Å². The number of pyridine rings is 1. The number of rotatable bonds is 0. The predicted molar refractivity (Wildman–Crippen MR) is 55.4 cm³/mol. The lowest BCUT2D eigenvalue weighted by Crippen LogP contribution is -2.11. The lowest BCUT2D eigenvalue weighted by molar-refractivity contribution is 0.586. The van der Waals surface area contributed by atoms with Crippen LogP contribution in [0.1, 0.15) is 48.3 Å². The summed E-state index contributed by atoms with van der Waals surface area (Å²) in [5.74, 6) is 0. The third-order valence-corrected chi connectivity index (χ3v) is 1.88. The number of nitrogens with zero attached hydrogens (tertiary/aromatic N) is 1. The van der Waals surface area contributed by atoms with Crippen LogP contribution in [0.15, 0.2) is 16.7 Å². The van der Waals surface area contributed by atoms with Gasteiger partial charge in [0, 0.05) is 27.1 Å². The Morgan fingerprint density at radius 2 is 2.25 bits per heavy atom. The van der Waals surface area contributed by atoms with Gasteiger partial charge >= 0.3 is 0 Å². The van der Waals surface area contributed by atoms with E-state index in [-0.39, 0.29) is 4.47 Å². The van der Waals surface area contributed by atoms with Gasteiger partial charge < -0.3 is 0 Å². The molecule has 1 heterocycles. The molecule has 0 aromatic carbocycles. The fraction of sp³-hybridized carbons (Fsp3) is 0.500. The van der Waals surface area contributed by atoms with E-state index in [4.69, 9.17) is 16.4 Å². The number of hydrogen-bond acceptors (Lipinski definition) is 1. The first-order valence-corrected chi connectivity index (χ1v) is 3.83. The van der Waals surface area contributed by atoms with Crippen LogP contribution in [-0.2, 0) is 5.41 Å². The van der Waals surface area contributed by atoms with Crippen molar-refractivity contribution in [2.24, 2.45) is 0 Å². The first kappa shape index (κ1) is 2.35. The summed E-state index contributed by atoms with van der Waals surface area (Å²) in [6, 6.07) is 0.889. The highest BCUT2D eigenvalue weighted by atomic mass is 79.9. The van der Waals surface area contributed by atoms with Gasteiger partial charge in [0.15, 0.2) is 0 Å². The van der Waals surface area contributed by atoms with Gasteiger partial charge in [0.05, 0.1) is 5.69 Å². The smallest absolute Gasteiger partial charge is 0.0514 e. The van der Waals surface area contributed by atoms with Crippen LogP contribution in [0.3, 0.4) is 0 Å². The average molecular weight is 240 g/mol. The van der Waals surface area contributed by atoms with E-state index >= 15 is 0 Å². The Labute approximate surface area is 99.2 Å². The first-order chi connectivity index (χ1) is 10.4. The molecule has 0 saturated heterocycles. The predicted octanol–water partition coefficient (Wildman–Crippen LogP) is 3.45. The zero-order valence-electron chi connectivity index (χ0n) is 18.0. The van der Waals surface area contributed by atoms with Crippen LogP contribution in [-0.4, -0.2) is 4.98 Å². The standard InChI is InChI=1S/C10H14BrN/c1-7-9(11)5-8(6-12-7)10(2,3)4/h5-6H,1-4H3/i1D3,2D3,3D3,4D3.